The smallest absolute Gasteiger partial charge is 0.303 e. The molecule has 10 atom stereocenters. The first-order valence-corrected chi connectivity index (χ1v) is 15.0. The zero-order valence-corrected chi connectivity index (χ0v) is 24.1. The summed E-state index contributed by atoms with van der Waals surface area (Å²) in [7, 11) is 0. The van der Waals surface area contributed by atoms with Crippen molar-refractivity contribution < 1.29 is 19.4 Å². The molecule has 0 aromatic rings. The second-order valence-electron chi connectivity index (χ2n) is 14.1. The first-order valence-electron chi connectivity index (χ1n) is 15.0. The second-order valence-corrected chi connectivity index (χ2v) is 14.1. The lowest BCUT2D eigenvalue weighted by molar-refractivity contribution is -0.268. The van der Waals surface area contributed by atoms with Crippen LogP contribution in [0.15, 0.2) is 0 Å². The molecular formula is C31H53NO4. The van der Waals surface area contributed by atoms with Gasteiger partial charge < -0.3 is 15.2 Å². The number of ether oxygens (including phenoxy) is 1. The summed E-state index contributed by atoms with van der Waals surface area (Å²) in [5.74, 6) is 3.31. The van der Waals surface area contributed by atoms with Crippen molar-refractivity contribution in [3.8, 4) is 0 Å². The molecule has 1 amide bonds. The molecule has 0 saturated heterocycles. The van der Waals surface area contributed by atoms with E-state index in [0.717, 1.165) is 49.9 Å². The number of carbonyl (C=O) groups excluding carboxylic acids is 2. The summed E-state index contributed by atoms with van der Waals surface area (Å²) in [6.45, 7) is 14.9. The highest BCUT2D eigenvalue weighted by atomic mass is 16.6. The normalized spacial score (nSPS) is 44.8. The number of hydrogen-bond acceptors (Lipinski definition) is 4. The van der Waals surface area contributed by atoms with E-state index in [1.54, 1.807) is 0 Å². The Bertz CT molecular complexity index is 827. The van der Waals surface area contributed by atoms with E-state index in [9.17, 15) is 14.7 Å². The number of nitrogens with one attached hydrogen (secondary N) is 1. The lowest BCUT2D eigenvalue weighted by Gasteiger charge is -2.66. The van der Waals surface area contributed by atoms with Crippen LogP contribution in [0.5, 0.6) is 0 Å². The van der Waals surface area contributed by atoms with Gasteiger partial charge in [-0.2, -0.15) is 0 Å². The topological polar surface area (TPSA) is 75.6 Å². The summed E-state index contributed by atoms with van der Waals surface area (Å²) in [6, 6.07) is -0.371. The molecule has 0 aromatic carbocycles. The SMILES string of the molecule is CC(=O)N[C@H]1CCC[C@]2(C)[C@H]3CC[C@]4(C)[C@@H]([C@H](C)CCCC(C)C)CC[C@H]4[C@@H]3C[C@@H](OC(C)=O)[C@]12O. The van der Waals surface area contributed by atoms with E-state index in [0.29, 0.717) is 23.2 Å². The Morgan fingerprint density at radius 2 is 1.72 bits per heavy atom. The molecule has 0 bridgehead atoms. The van der Waals surface area contributed by atoms with Gasteiger partial charge in [0.2, 0.25) is 5.91 Å². The monoisotopic (exact) mass is 503 g/mol. The number of carbonyl (C=O) groups is 2. The Morgan fingerprint density at radius 3 is 2.36 bits per heavy atom. The van der Waals surface area contributed by atoms with Crippen molar-refractivity contribution in [2.45, 2.75) is 137 Å². The van der Waals surface area contributed by atoms with E-state index in [-0.39, 0.29) is 23.3 Å². The Morgan fingerprint density at radius 1 is 1.00 bits per heavy atom. The van der Waals surface area contributed by atoms with Crippen LogP contribution < -0.4 is 5.32 Å². The maximum atomic E-state index is 12.5. The molecule has 0 aromatic heterocycles. The van der Waals surface area contributed by atoms with Crippen molar-refractivity contribution in [1.82, 2.24) is 5.32 Å². The quantitative estimate of drug-likeness (QED) is 0.402. The number of amides is 1. The van der Waals surface area contributed by atoms with Gasteiger partial charge in [0.1, 0.15) is 11.7 Å². The molecular weight excluding hydrogens is 450 g/mol. The summed E-state index contributed by atoms with van der Waals surface area (Å²) in [5.41, 5.74) is -1.26. The number of fused-ring (bicyclic) bond motifs is 5. The molecule has 4 saturated carbocycles. The summed E-state index contributed by atoms with van der Waals surface area (Å²) < 4.78 is 5.98. The molecule has 0 aliphatic heterocycles. The number of esters is 1. The third-order valence-electron chi connectivity index (χ3n) is 11.8. The van der Waals surface area contributed by atoms with Crippen molar-refractivity contribution in [1.29, 1.82) is 0 Å². The van der Waals surface area contributed by atoms with Crippen LogP contribution in [0.4, 0.5) is 0 Å². The van der Waals surface area contributed by atoms with Gasteiger partial charge in [0.15, 0.2) is 0 Å². The highest BCUT2D eigenvalue weighted by Crippen LogP contribution is 2.69. The zero-order chi connectivity index (χ0) is 26.5. The predicted molar refractivity (Wildman–Crippen MR) is 143 cm³/mol. The largest absolute Gasteiger partial charge is 0.459 e. The number of rotatable bonds is 7. The van der Waals surface area contributed by atoms with Crippen LogP contribution in [-0.4, -0.2) is 34.7 Å². The maximum Gasteiger partial charge on any atom is 0.303 e. The lowest BCUT2D eigenvalue weighted by atomic mass is 9.41. The Hall–Kier alpha value is -1.10. The zero-order valence-electron chi connectivity index (χ0n) is 24.1. The predicted octanol–water partition coefficient (Wildman–Crippen LogP) is 6.27. The lowest BCUT2D eigenvalue weighted by Crippen LogP contribution is -2.75. The third-order valence-corrected chi connectivity index (χ3v) is 11.8. The van der Waals surface area contributed by atoms with Crippen molar-refractivity contribution in [3.05, 3.63) is 0 Å². The van der Waals surface area contributed by atoms with Gasteiger partial charge in [-0.3, -0.25) is 9.59 Å². The van der Waals surface area contributed by atoms with Crippen LogP contribution >= 0.6 is 0 Å². The van der Waals surface area contributed by atoms with Crippen LogP contribution in [-0.2, 0) is 14.3 Å². The highest BCUT2D eigenvalue weighted by molar-refractivity contribution is 5.73. The van der Waals surface area contributed by atoms with Crippen LogP contribution in [0, 0.1) is 46.3 Å². The summed E-state index contributed by atoms with van der Waals surface area (Å²) in [5, 5.41) is 15.6. The molecule has 5 nitrogen and oxygen atoms in total. The molecule has 4 rings (SSSR count). The van der Waals surface area contributed by atoms with Crippen molar-refractivity contribution in [2.24, 2.45) is 46.3 Å². The van der Waals surface area contributed by atoms with Gasteiger partial charge in [-0.1, -0.05) is 60.3 Å². The minimum atomic E-state index is -1.22. The van der Waals surface area contributed by atoms with Crippen LogP contribution in [0.25, 0.3) is 0 Å². The average Bonchev–Trinajstić information content (AvgIpc) is 3.12. The van der Waals surface area contributed by atoms with Gasteiger partial charge in [0.25, 0.3) is 0 Å². The molecule has 0 unspecified atom stereocenters. The van der Waals surface area contributed by atoms with Crippen LogP contribution in [0.2, 0.25) is 0 Å². The van der Waals surface area contributed by atoms with Crippen LogP contribution in [0.1, 0.15) is 119 Å². The van der Waals surface area contributed by atoms with E-state index in [2.05, 4.69) is 39.9 Å². The van der Waals surface area contributed by atoms with E-state index in [1.165, 1.54) is 52.4 Å². The second kappa shape index (κ2) is 10.2. The van der Waals surface area contributed by atoms with E-state index >= 15 is 0 Å². The van der Waals surface area contributed by atoms with E-state index < -0.39 is 11.7 Å². The molecule has 4 fully saturated rings. The van der Waals surface area contributed by atoms with Crippen molar-refractivity contribution >= 4 is 11.9 Å². The third kappa shape index (κ3) is 4.54. The fourth-order valence-corrected chi connectivity index (χ4v) is 10.2. The van der Waals surface area contributed by atoms with Gasteiger partial charge >= 0.3 is 5.97 Å². The minimum Gasteiger partial charge on any atom is -0.459 e. The molecule has 5 heteroatoms. The van der Waals surface area contributed by atoms with E-state index in [4.69, 9.17) is 4.74 Å². The Labute approximate surface area is 219 Å². The molecule has 4 aliphatic rings. The molecule has 4 aliphatic carbocycles. The molecule has 206 valence electrons. The summed E-state index contributed by atoms with van der Waals surface area (Å²) in [6.07, 6.45) is 11.7. The number of aliphatic hydroxyl groups is 1. The first kappa shape index (κ1) is 27.9. The van der Waals surface area contributed by atoms with Gasteiger partial charge in [0, 0.05) is 19.3 Å². The van der Waals surface area contributed by atoms with E-state index in [1.807, 2.05) is 0 Å². The summed E-state index contributed by atoms with van der Waals surface area (Å²) >= 11 is 0. The van der Waals surface area contributed by atoms with Crippen molar-refractivity contribution in [3.63, 3.8) is 0 Å². The Kier molecular flexibility index (Phi) is 7.93. The Balaban J connectivity index is 1.63. The van der Waals surface area contributed by atoms with Gasteiger partial charge in [-0.25, -0.2) is 0 Å². The molecule has 2 N–H and O–H groups in total. The standard InChI is InChI=1S/C31H53NO4/c1-19(2)10-8-11-20(3)24-13-14-25-23-18-28(36-22(5)34)31(35)27(32-21(4)33)12-9-16-30(31,7)26(23)15-17-29(24,25)6/h19-20,23-28,35H,8-18H2,1-7H3,(H,32,33)/t20-,23+,24-,25+,26+,27+,28-,29-,30-,31-/m1/s1. The fourth-order valence-electron chi connectivity index (χ4n) is 10.2. The van der Waals surface area contributed by atoms with Gasteiger partial charge in [-0.05, 0) is 85.9 Å². The van der Waals surface area contributed by atoms with Gasteiger partial charge in [0.05, 0.1) is 6.04 Å². The molecule has 0 spiro atoms. The van der Waals surface area contributed by atoms with Crippen molar-refractivity contribution in [2.75, 3.05) is 0 Å². The fraction of sp³-hybridized carbons (Fsp3) is 0.935. The highest BCUT2D eigenvalue weighted by Gasteiger charge is 2.70. The maximum absolute atomic E-state index is 12.5. The molecule has 0 radical (unpaired) electrons. The average molecular weight is 504 g/mol. The minimum absolute atomic E-state index is 0.123. The molecule has 0 heterocycles. The molecule has 36 heavy (non-hydrogen) atoms. The summed E-state index contributed by atoms with van der Waals surface area (Å²) in [4.78, 5) is 24.4. The van der Waals surface area contributed by atoms with Crippen LogP contribution in [0.3, 0.4) is 0 Å². The first-order chi connectivity index (χ1) is 16.8. The number of hydrogen-bond donors (Lipinski definition) is 2. The van der Waals surface area contributed by atoms with Gasteiger partial charge in [-0.15, -0.1) is 0 Å².